The van der Waals surface area contributed by atoms with Crippen LogP contribution in [0.2, 0.25) is 0 Å². The summed E-state index contributed by atoms with van der Waals surface area (Å²) in [6, 6.07) is 1.77. The molecule has 1 unspecified atom stereocenters. The predicted molar refractivity (Wildman–Crippen MR) is 67.7 cm³/mol. The molecule has 0 amide bonds. The highest BCUT2D eigenvalue weighted by molar-refractivity contribution is 5.21. The Bertz CT molecular complexity index is 552. The van der Waals surface area contributed by atoms with E-state index in [1.165, 1.54) is 0 Å². The van der Waals surface area contributed by atoms with E-state index in [0.29, 0.717) is 6.42 Å². The number of aromatic nitrogens is 3. The van der Waals surface area contributed by atoms with Gasteiger partial charge in [-0.3, -0.25) is 4.98 Å². The molecule has 0 aliphatic heterocycles. The Labute approximate surface area is 110 Å². The molecule has 3 nitrogen and oxygen atoms in total. The first-order valence-electron chi connectivity index (χ1n) is 6.21. The van der Waals surface area contributed by atoms with Gasteiger partial charge in [-0.15, -0.1) is 0 Å². The fraction of sp³-hybridized carbons (Fsp3) is 0.357. The van der Waals surface area contributed by atoms with Crippen molar-refractivity contribution in [2.45, 2.75) is 32.6 Å². The average Bonchev–Trinajstić information content (AvgIpc) is 2.38. The van der Waals surface area contributed by atoms with Gasteiger partial charge < -0.3 is 0 Å². The molecule has 0 aliphatic carbocycles. The van der Waals surface area contributed by atoms with Gasteiger partial charge >= 0.3 is 0 Å². The maximum atomic E-state index is 13.6. The van der Waals surface area contributed by atoms with Crippen LogP contribution >= 0.6 is 0 Å². The number of hydrogen-bond acceptors (Lipinski definition) is 3. The first-order chi connectivity index (χ1) is 9.11. The molecule has 0 bridgehead atoms. The third-order valence-electron chi connectivity index (χ3n) is 2.98. The molecule has 19 heavy (non-hydrogen) atoms. The number of hydrogen-bond donors (Lipinski definition) is 0. The minimum absolute atomic E-state index is 0.0617. The molecule has 0 N–H and O–H groups in total. The Kier molecular flexibility index (Phi) is 4.14. The summed E-state index contributed by atoms with van der Waals surface area (Å²) in [6.45, 7) is 3.74. The van der Waals surface area contributed by atoms with Crippen molar-refractivity contribution < 1.29 is 8.78 Å². The highest BCUT2D eigenvalue weighted by atomic mass is 19.1. The number of aryl methyl sites for hydroxylation is 1. The molecule has 0 radical (unpaired) electrons. The summed E-state index contributed by atoms with van der Waals surface area (Å²) in [4.78, 5) is 11.9. The van der Waals surface area contributed by atoms with E-state index in [1.807, 2.05) is 6.92 Å². The van der Waals surface area contributed by atoms with Crippen LogP contribution in [0.15, 0.2) is 24.7 Å². The van der Waals surface area contributed by atoms with Gasteiger partial charge in [-0.1, -0.05) is 13.8 Å². The van der Waals surface area contributed by atoms with Crippen LogP contribution in [0.25, 0.3) is 0 Å². The summed E-state index contributed by atoms with van der Waals surface area (Å²) in [6.07, 6.45) is 4.94. The minimum Gasteiger partial charge on any atom is -0.259 e. The predicted octanol–water partition coefficient (Wildman–Crippen LogP) is 3.06. The Morgan fingerprint density at radius 3 is 2.53 bits per heavy atom. The van der Waals surface area contributed by atoms with Gasteiger partial charge in [-0.25, -0.2) is 18.7 Å². The molecule has 0 saturated heterocycles. The SMILES string of the molecule is CCc1nccc(CC(C)c2c(F)cncc2F)n1. The lowest BCUT2D eigenvalue weighted by molar-refractivity contribution is 0.521. The van der Waals surface area contributed by atoms with Gasteiger partial charge in [0.2, 0.25) is 0 Å². The summed E-state index contributed by atoms with van der Waals surface area (Å²) in [5.41, 5.74) is 0.849. The summed E-state index contributed by atoms with van der Waals surface area (Å²) >= 11 is 0. The maximum Gasteiger partial charge on any atom is 0.147 e. The van der Waals surface area contributed by atoms with E-state index >= 15 is 0 Å². The van der Waals surface area contributed by atoms with Crippen LogP contribution < -0.4 is 0 Å². The zero-order valence-electron chi connectivity index (χ0n) is 10.9. The van der Waals surface area contributed by atoms with Gasteiger partial charge in [0.1, 0.15) is 17.5 Å². The van der Waals surface area contributed by atoms with Crippen molar-refractivity contribution in [3.8, 4) is 0 Å². The second-order valence-electron chi connectivity index (χ2n) is 4.44. The van der Waals surface area contributed by atoms with Crippen LogP contribution in [-0.2, 0) is 12.8 Å². The van der Waals surface area contributed by atoms with E-state index in [9.17, 15) is 8.78 Å². The van der Waals surface area contributed by atoms with Crippen molar-refractivity contribution >= 4 is 0 Å². The van der Waals surface area contributed by atoms with Crippen LogP contribution in [0, 0.1) is 11.6 Å². The van der Waals surface area contributed by atoms with Gasteiger partial charge in [-0.05, 0) is 18.4 Å². The number of nitrogens with zero attached hydrogens (tertiary/aromatic N) is 3. The molecule has 2 aromatic heterocycles. The van der Waals surface area contributed by atoms with E-state index in [-0.39, 0.29) is 11.5 Å². The largest absolute Gasteiger partial charge is 0.259 e. The van der Waals surface area contributed by atoms with Crippen LogP contribution in [0.1, 0.15) is 36.8 Å². The Morgan fingerprint density at radius 1 is 1.21 bits per heavy atom. The standard InChI is InChI=1S/C14H15F2N3/c1-3-13-18-5-4-10(19-13)6-9(2)14-11(15)7-17-8-12(14)16/h4-5,7-9H,3,6H2,1-2H3. The van der Waals surface area contributed by atoms with E-state index in [2.05, 4.69) is 15.0 Å². The quantitative estimate of drug-likeness (QED) is 0.851. The molecule has 2 aromatic rings. The lowest BCUT2D eigenvalue weighted by Gasteiger charge is -2.13. The number of halogens is 2. The number of pyridine rings is 1. The van der Waals surface area contributed by atoms with Gasteiger partial charge in [-0.2, -0.15) is 0 Å². The maximum absolute atomic E-state index is 13.6. The van der Waals surface area contributed by atoms with Crippen molar-refractivity contribution in [3.63, 3.8) is 0 Å². The van der Waals surface area contributed by atoms with E-state index in [1.54, 1.807) is 19.2 Å². The van der Waals surface area contributed by atoms with Crippen molar-refractivity contribution in [2.75, 3.05) is 0 Å². The number of rotatable bonds is 4. The molecule has 0 aromatic carbocycles. The third kappa shape index (κ3) is 3.10. The zero-order valence-corrected chi connectivity index (χ0v) is 10.9. The Balaban J connectivity index is 2.23. The molecular formula is C14H15F2N3. The molecule has 0 spiro atoms. The van der Waals surface area contributed by atoms with Crippen LogP contribution in [0.4, 0.5) is 8.78 Å². The molecular weight excluding hydrogens is 248 g/mol. The first kappa shape index (κ1) is 13.5. The molecule has 2 heterocycles. The monoisotopic (exact) mass is 263 g/mol. The first-order valence-corrected chi connectivity index (χ1v) is 6.21. The molecule has 0 saturated carbocycles. The summed E-state index contributed by atoms with van der Waals surface area (Å²) in [5.74, 6) is -0.794. The molecule has 0 fully saturated rings. The van der Waals surface area contributed by atoms with Crippen molar-refractivity contribution in [3.05, 3.63) is 53.4 Å². The topological polar surface area (TPSA) is 38.7 Å². The van der Waals surface area contributed by atoms with Crippen LogP contribution in [-0.4, -0.2) is 15.0 Å². The normalized spacial score (nSPS) is 12.4. The third-order valence-corrected chi connectivity index (χ3v) is 2.98. The lowest BCUT2D eigenvalue weighted by atomic mass is 9.96. The molecule has 5 heteroatoms. The fourth-order valence-electron chi connectivity index (χ4n) is 2.03. The second kappa shape index (κ2) is 5.82. The Hall–Kier alpha value is -1.91. The van der Waals surface area contributed by atoms with Gasteiger partial charge in [0.25, 0.3) is 0 Å². The smallest absolute Gasteiger partial charge is 0.147 e. The molecule has 0 aliphatic rings. The van der Waals surface area contributed by atoms with Crippen LogP contribution in [0.5, 0.6) is 0 Å². The highest BCUT2D eigenvalue weighted by Crippen LogP contribution is 2.24. The van der Waals surface area contributed by atoms with Gasteiger partial charge in [0.05, 0.1) is 12.4 Å². The minimum atomic E-state index is -0.614. The van der Waals surface area contributed by atoms with E-state index in [0.717, 1.165) is 30.3 Å². The fourth-order valence-corrected chi connectivity index (χ4v) is 2.03. The second-order valence-corrected chi connectivity index (χ2v) is 4.44. The van der Waals surface area contributed by atoms with Gasteiger partial charge in [0.15, 0.2) is 0 Å². The summed E-state index contributed by atoms with van der Waals surface area (Å²) in [7, 11) is 0. The van der Waals surface area contributed by atoms with Gasteiger partial charge in [0, 0.05) is 23.9 Å². The molecule has 2 rings (SSSR count). The van der Waals surface area contributed by atoms with Crippen molar-refractivity contribution in [2.24, 2.45) is 0 Å². The molecule has 100 valence electrons. The van der Waals surface area contributed by atoms with Crippen molar-refractivity contribution in [1.82, 2.24) is 15.0 Å². The Morgan fingerprint density at radius 2 is 1.89 bits per heavy atom. The highest BCUT2D eigenvalue weighted by Gasteiger charge is 2.17. The van der Waals surface area contributed by atoms with Crippen LogP contribution in [0.3, 0.4) is 0 Å². The zero-order chi connectivity index (χ0) is 13.8. The molecule has 1 atom stereocenters. The summed E-state index contributed by atoms with van der Waals surface area (Å²) < 4.78 is 27.2. The summed E-state index contributed by atoms with van der Waals surface area (Å²) in [5, 5.41) is 0. The van der Waals surface area contributed by atoms with E-state index in [4.69, 9.17) is 0 Å². The van der Waals surface area contributed by atoms with E-state index < -0.39 is 11.6 Å². The average molecular weight is 263 g/mol. The lowest BCUT2D eigenvalue weighted by Crippen LogP contribution is -2.07. The van der Waals surface area contributed by atoms with Crippen molar-refractivity contribution in [1.29, 1.82) is 0 Å².